The first-order valence-corrected chi connectivity index (χ1v) is 10.9. The summed E-state index contributed by atoms with van der Waals surface area (Å²) in [5.74, 6) is -0.124. The number of aryl methyl sites for hydroxylation is 3. The Morgan fingerprint density at radius 2 is 1.73 bits per heavy atom. The van der Waals surface area contributed by atoms with Crippen molar-refractivity contribution in [1.82, 2.24) is 25.2 Å². The highest BCUT2D eigenvalue weighted by Gasteiger charge is 2.15. The number of carbonyl (C=O) groups excluding carboxylic acids is 1. The van der Waals surface area contributed by atoms with E-state index in [0.29, 0.717) is 22.3 Å². The summed E-state index contributed by atoms with van der Waals surface area (Å²) in [6, 6.07) is 14.4. The molecule has 0 aliphatic rings. The van der Waals surface area contributed by atoms with E-state index in [4.69, 9.17) is 10.1 Å². The van der Waals surface area contributed by atoms with Crippen LogP contribution in [0, 0.1) is 42.3 Å². The summed E-state index contributed by atoms with van der Waals surface area (Å²) in [5.41, 5.74) is 8.89. The standard InChI is InChI=1S/C18H14N8.C8H9F.CH2O/c1-21-25-18-17(14-5-13(7-20)8-22-10-14)15(11-24-26(18)2)16-4-3-12(6-19)9-23-16;1-6-3-4-8(9)7(2)5-6;1-2/h3-5,8-11,21H,1-2H3;3-5H,1-2H3;1H2/b25-18-;;. The largest absolute Gasteiger partial charge is 0.311 e. The number of aromatic nitrogens is 4. The van der Waals surface area contributed by atoms with Gasteiger partial charge in [-0.25, -0.2) is 9.07 Å². The molecule has 0 unspecified atom stereocenters. The van der Waals surface area contributed by atoms with Crippen molar-refractivity contribution in [3.8, 4) is 34.5 Å². The zero-order chi connectivity index (χ0) is 27.4. The van der Waals surface area contributed by atoms with E-state index in [1.165, 1.54) is 18.5 Å². The first-order valence-electron chi connectivity index (χ1n) is 10.9. The number of halogens is 1. The van der Waals surface area contributed by atoms with E-state index < -0.39 is 0 Å². The van der Waals surface area contributed by atoms with Crippen molar-refractivity contribution in [3.63, 3.8) is 0 Å². The van der Waals surface area contributed by atoms with Gasteiger partial charge in [0.05, 0.1) is 23.0 Å². The van der Waals surface area contributed by atoms with Gasteiger partial charge in [-0.2, -0.15) is 20.7 Å². The van der Waals surface area contributed by atoms with Gasteiger partial charge in [0, 0.05) is 49.4 Å². The van der Waals surface area contributed by atoms with Crippen molar-refractivity contribution < 1.29 is 9.18 Å². The lowest BCUT2D eigenvalue weighted by atomic mass is 10.0. The molecule has 186 valence electrons. The maximum absolute atomic E-state index is 12.5. The van der Waals surface area contributed by atoms with Gasteiger partial charge < -0.3 is 10.2 Å². The summed E-state index contributed by atoms with van der Waals surface area (Å²) in [7, 11) is 3.47. The van der Waals surface area contributed by atoms with Crippen LogP contribution in [0.5, 0.6) is 0 Å². The van der Waals surface area contributed by atoms with E-state index >= 15 is 0 Å². The fourth-order valence-corrected chi connectivity index (χ4v) is 3.31. The van der Waals surface area contributed by atoms with E-state index in [-0.39, 0.29) is 5.82 Å². The molecule has 0 spiro atoms. The van der Waals surface area contributed by atoms with Crippen molar-refractivity contribution in [2.24, 2.45) is 12.1 Å². The summed E-state index contributed by atoms with van der Waals surface area (Å²) >= 11 is 0. The molecular formula is C27H25FN8O. The van der Waals surface area contributed by atoms with Gasteiger partial charge in [0.15, 0.2) is 5.49 Å². The average Bonchev–Trinajstić information content (AvgIpc) is 2.93. The van der Waals surface area contributed by atoms with Gasteiger partial charge in [-0.05, 0) is 43.7 Å². The molecule has 1 aromatic carbocycles. The lowest BCUT2D eigenvalue weighted by molar-refractivity contribution is -0.0980. The lowest BCUT2D eigenvalue weighted by Gasteiger charge is -2.12. The summed E-state index contributed by atoms with van der Waals surface area (Å²) in [4.78, 5) is 16.5. The Morgan fingerprint density at radius 1 is 1.00 bits per heavy atom. The molecule has 0 saturated heterocycles. The quantitative estimate of drug-likeness (QED) is 0.429. The molecular weight excluding hydrogens is 471 g/mol. The van der Waals surface area contributed by atoms with E-state index in [0.717, 1.165) is 27.8 Å². The van der Waals surface area contributed by atoms with Gasteiger partial charge in [0.2, 0.25) is 0 Å². The maximum atomic E-state index is 12.5. The van der Waals surface area contributed by atoms with Crippen LogP contribution in [0.15, 0.2) is 66.3 Å². The SMILES string of the molecule is C=O.CN/N=c1/c(-c2cncc(C#N)c2)c(-c2ccc(C#N)cn2)cnn1C.Cc1ccc(F)c(C)c1. The van der Waals surface area contributed by atoms with E-state index in [1.807, 2.05) is 19.8 Å². The second kappa shape index (κ2) is 13.6. The Labute approximate surface area is 214 Å². The van der Waals surface area contributed by atoms with Crippen LogP contribution < -0.4 is 10.9 Å². The highest BCUT2D eigenvalue weighted by atomic mass is 19.1. The fraction of sp³-hybridized carbons (Fsp3) is 0.148. The molecule has 0 atom stereocenters. The molecule has 0 saturated carbocycles. The molecule has 0 aliphatic carbocycles. The first kappa shape index (κ1) is 28.0. The fourth-order valence-electron chi connectivity index (χ4n) is 3.31. The molecule has 1 N–H and O–H groups in total. The van der Waals surface area contributed by atoms with Crippen molar-refractivity contribution in [3.05, 3.63) is 94.7 Å². The Bertz CT molecular complexity index is 1520. The zero-order valence-corrected chi connectivity index (χ0v) is 20.9. The van der Waals surface area contributed by atoms with Crippen molar-refractivity contribution >= 4 is 6.79 Å². The minimum Gasteiger partial charge on any atom is -0.311 e. The van der Waals surface area contributed by atoms with Crippen LogP contribution in [0.4, 0.5) is 4.39 Å². The van der Waals surface area contributed by atoms with Crippen molar-refractivity contribution in [2.45, 2.75) is 13.8 Å². The van der Waals surface area contributed by atoms with E-state index in [2.05, 4.69) is 37.7 Å². The third-order valence-corrected chi connectivity index (χ3v) is 5.02. The average molecular weight is 497 g/mol. The Morgan fingerprint density at radius 3 is 2.30 bits per heavy atom. The van der Waals surface area contributed by atoms with Crippen LogP contribution in [0.25, 0.3) is 22.4 Å². The molecule has 4 rings (SSSR count). The third kappa shape index (κ3) is 7.13. The van der Waals surface area contributed by atoms with Gasteiger partial charge >= 0.3 is 0 Å². The highest BCUT2D eigenvalue weighted by molar-refractivity contribution is 5.80. The predicted octanol–water partition coefficient (Wildman–Crippen LogP) is 3.58. The first-order chi connectivity index (χ1) is 17.9. The minimum atomic E-state index is -0.124. The van der Waals surface area contributed by atoms with Crippen LogP contribution in [0.2, 0.25) is 0 Å². The Balaban J connectivity index is 0.000000367. The number of pyridine rings is 2. The van der Waals surface area contributed by atoms with Crippen LogP contribution in [0.1, 0.15) is 22.3 Å². The number of nitrogens with one attached hydrogen (secondary N) is 1. The highest BCUT2D eigenvalue weighted by Crippen LogP contribution is 2.27. The van der Waals surface area contributed by atoms with Gasteiger partial charge in [-0.3, -0.25) is 9.97 Å². The summed E-state index contributed by atoms with van der Waals surface area (Å²) in [6.45, 7) is 5.72. The number of nitriles is 2. The number of rotatable bonds is 3. The summed E-state index contributed by atoms with van der Waals surface area (Å²) in [6.07, 6.45) is 6.35. The van der Waals surface area contributed by atoms with Crippen molar-refractivity contribution in [1.29, 1.82) is 10.5 Å². The number of carbonyl (C=O) groups is 1. The molecule has 0 radical (unpaired) electrons. The number of hydrogen-bond acceptors (Lipinski definition) is 8. The smallest absolute Gasteiger partial charge is 0.177 e. The lowest BCUT2D eigenvalue weighted by Crippen LogP contribution is -2.26. The summed E-state index contributed by atoms with van der Waals surface area (Å²) in [5, 5.41) is 26.8. The number of hydrogen-bond donors (Lipinski definition) is 1. The van der Waals surface area contributed by atoms with Gasteiger partial charge in [0.25, 0.3) is 0 Å². The normalized spacial score (nSPS) is 10.1. The molecule has 3 aromatic heterocycles. The molecule has 0 amide bonds. The molecule has 10 heteroatoms. The van der Waals surface area contributed by atoms with Gasteiger partial charge in [-0.1, -0.05) is 17.7 Å². The minimum absolute atomic E-state index is 0.124. The number of benzene rings is 1. The molecule has 9 nitrogen and oxygen atoms in total. The van der Waals surface area contributed by atoms with Crippen LogP contribution in [-0.4, -0.2) is 33.6 Å². The Kier molecular flexibility index (Phi) is 10.3. The monoisotopic (exact) mass is 496 g/mol. The van der Waals surface area contributed by atoms with Gasteiger partial charge in [0.1, 0.15) is 24.7 Å². The molecule has 0 fully saturated rings. The Hall–Kier alpha value is -5.22. The van der Waals surface area contributed by atoms with Crippen molar-refractivity contribution in [2.75, 3.05) is 7.05 Å². The van der Waals surface area contributed by atoms with Crippen LogP contribution in [0.3, 0.4) is 0 Å². The topological polar surface area (TPSA) is 133 Å². The molecule has 0 bridgehead atoms. The van der Waals surface area contributed by atoms with E-state index in [1.54, 1.807) is 62.4 Å². The third-order valence-electron chi connectivity index (χ3n) is 5.02. The van der Waals surface area contributed by atoms with E-state index in [9.17, 15) is 9.65 Å². The zero-order valence-electron chi connectivity index (χ0n) is 20.9. The molecule has 0 aliphatic heterocycles. The second-order valence-electron chi connectivity index (χ2n) is 7.59. The number of nitrogens with zero attached hydrogens (tertiary/aromatic N) is 7. The predicted molar refractivity (Wildman–Crippen MR) is 137 cm³/mol. The van der Waals surface area contributed by atoms with Crippen LogP contribution in [-0.2, 0) is 11.8 Å². The second-order valence-corrected chi connectivity index (χ2v) is 7.59. The maximum Gasteiger partial charge on any atom is 0.177 e. The molecule has 3 heterocycles. The van der Waals surface area contributed by atoms with Crippen LogP contribution >= 0.6 is 0 Å². The summed E-state index contributed by atoms with van der Waals surface area (Å²) < 4.78 is 14.1. The van der Waals surface area contributed by atoms with Gasteiger partial charge in [-0.15, -0.1) is 0 Å². The molecule has 4 aromatic rings. The molecule has 37 heavy (non-hydrogen) atoms.